The molecule has 0 bridgehead atoms. The fourth-order valence-corrected chi connectivity index (χ4v) is 2.93. The van der Waals surface area contributed by atoms with Crippen LogP contribution in [-0.4, -0.2) is 25.2 Å². The number of aromatic nitrogens is 5. The molecular formula is C14H15FN6S. The lowest BCUT2D eigenvalue weighted by molar-refractivity contribution is 0.547. The number of halogens is 1. The summed E-state index contributed by atoms with van der Waals surface area (Å²) in [5.41, 5.74) is 1.40. The Kier molecular flexibility index (Phi) is 4.21. The predicted octanol–water partition coefficient (Wildman–Crippen LogP) is 2.32. The van der Waals surface area contributed by atoms with Crippen LogP contribution >= 0.6 is 11.3 Å². The number of hydrogen-bond donors (Lipinski definition) is 1. The molecule has 2 aromatic heterocycles. The van der Waals surface area contributed by atoms with Gasteiger partial charge in [-0.25, -0.2) is 9.37 Å². The number of nitrogens with one attached hydrogen (secondary N) is 1. The summed E-state index contributed by atoms with van der Waals surface area (Å²) in [6.07, 6.45) is 0. The van der Waals surface area contributed by atoms with E-state index >= 15 is 0 Å². The third-order valence-corrected chi connectivity index (χ3v) is 4.08. The summed E-state index contributed by atoms with van der Waals surface area (Å²) in [6, 6.07) is 6.67. The molecule has 1 atom stereocenters. The first-order valence-corrected chi connectivity index (χ1v) is 7.68. The van der Waals surface area contributed by atoms with Gasteiger partial charge in [-0.15, -0.1) is 21.5 Å². The van der Waals surface area contributed by atoms with Gasteiger partial charge in [0.2, 0.25) is 0 Å². The zero-order valence-corrected chi connectivity index (χ0v) is 13.0. The molecule has 6 nitrogen and oxygen atoms in total. The van der Waals surface area contributed by atoms with E-state index in [4.69, 9.17) is 0 Å². The number of tetrazole rings is 1. The second-order valence-electron chi connectivity index (χ2n) is 4.86. The minimum Gasteiger partial charge on any atom is -0.302 e. The van der Waals surface area contributed by atoms with Crippen LogP contribution in [0.1, 0.15) is 24.5 Å². The van der Waals surface area contributed by atoms with Gasteiger partial charge < -0.3 is 5.32 Å². The molecule has 1 unspecified atom stereocenters. The first kappa shape index (κ1) is 14.7. The van der Waals surface area contributed by atoms with Crippen LogP contribution in [-0.2, 0) is 13.6 Å². The van der Waals surface area contributed by atoms with Gasteiger partial charge in [0.15, 0.2) is 5.82 Å². The van der Waals surface area contributed by atoms with E-state index in [9.17, 15) is 4.39 Å². The number of nitrogens with zero attached hydrogens (tertiary/aromatic N) is 5. The molecule has 0 radical (unpaired) electrons. The Morgan fingerprint density at radius 3 is 2.91 bits per heavy atom. The van der Waals surface area contributed by atoms with E-state index in [1.165, 1.54) is 22.2 Å². The minimum atomic E-state index is -0.257. The van der Waals surface area contributed by atoms with Crippen molar-refractivity contribution in [1.29, 1.82) is 0 Å². The van der Waals surface area contributed by atoms with E-state index in [0.29, 0.717) is 22.9 Å². The first-order valence-electron chi connectivity index (χ1n) is 6.80. The molecule has 0 amide bonds. The smallest absolute Gasteiger partial charge is 0.188 e. The molecule has 22 heavy (non-hydrogen) atoms. The SMILES string of the molecule is CC(NCc1nnn(C)n1)c1csc(-c2ccccc2F)n1. The molecule has 0 aliphatic carbocycles. The Morgan fingerprint density at radius 2 is 2.18 bits per heavy atom. The maximum atomic E-state index is 13.8. The largest absolute Gasteiger partial charge is 0.302 e. The second-order valence-corrected chi connectivity index (χ2v) is 5.71. The molecule has 0 aliphatic heterocycles. The van der Waals surface area contributed by atoms with Crippen molar-refractivity contribution in [3.63, 3.8) is 0 Å². The van der Waals surface area contributed by atoms with Crippen molar-refractivity contribution in [3.05, 3.63) is 47.0 Å². The van der Waals surface area contributed by atoms with E-state index in [1.54, 1.807) is 25.2 Å². The Hall–Kier alpha value is -2.19. The van der Waals surface area contributed by atoms with E-state index < -0.39 is 0 Å². The Morgan fingerprint density at radius 1 is 1.36 bits per heavy atom. The molecular weight excluding hydrogens is 303 g/mol. The van der Waals surface area contributed by atoms with Crippen LogP contribution in [0.2, 0.25) is 0 Å². The molecule has 1 N–H and O–H groups in total. The van der Waals surface area contributed by atoms with E-state index in [-0.39, 0.29) is 11.9 Å². The van der Waals surface area contributed by atoms with Gasteiger partial charge >= 0.3 is 0 Å². The van der Waals surface area contributed by atoms with E-state index in [1.807, 2.05) is 12.3 Å². The molecule has 0 saturated heterocycles. The molecule has 0 aliphatic rings. The highest BCUT2D eigenvalue weighted by Crippen LogP contribution is 2.28. The molecule has 3 aromatic rings. The number of benzene rings is 1. The third kappa shape index (κ3) is 3.18. The Labute approximate surface area is 131 Å². The van der Waals surface area contributed by atoms with Crippen molar-refractivity contribution in [3.8, 4) is 10.6 Å². The van der Waals surface area contributed by atoms with Crippen molar-refractivity contribution >= 4 is 11.3 Å². The first-order chi connectivity index (χ1) is 10.6. The number of aryl methyl sites for hydroxylation is 1. The summed E-state index contributed by atoms with van der Waals surface area (Å²) in [4.78, 5) is 5.93. The molecule has 0 spiro atoms. The molecule has 114 valence electrons. The number of thiazole rings is 1. The number of hydrogen-bond acceptors (Lipinski definition) is 6. The Balaban J connectivity index is 1.69. The van der Waals surface area contributed by atoms with Crippen LogP contribution in [0, 0.1) is 5.82 Å². The van der Waals surface area contributed by atoms with Crippen LogP contribution in [0.3, 0.4) is 0 Å². The van der Waals surface area contributed by atoms with Gasteiger partial charge in [0.05, 0.1) is 19.3 Å². The highest BCUT2D eigenvalue weighted by molar-refractivity contribution is 7.13. The molecule has 2 heterocycles. The lowest BCUT2D eigenvalue weighted by atomic mass is 10.2. The summed E-state index contributed by atoms with van der Waals surface area (Å²) in [6.45, 7) is 2.50. The number of rotatable bonds is 5. The lowest BCUT2D eigenvalue weighted by Crippen LogP contribution is -2.19. The van der Waals surface area contributed by atoms with Gasteiger partial charge in [-0.3, -0.25) is 0 Å². The standard InChI is InChI=1S/C14H15FN6S/c1-9(16-7-13-18-20-21(2)19-13)12-8-22-14(17-12)10-5-3-4-6-11(10)15/h3-6,8-9,16H,7H2,1-2H3. The molecule has 3 rings (SSSR count). The van der Waals surface area contributed by atoms with Crippen molar-refractivity contribution in [2.45, 2.75) is 19.5 Å². The van der Waals surface area contributed by atoms with Crippen LogP contribution < -0.4 is 5.32 Å². The highest BCUT2D eigenvalue weighted by Gasteiger charge is 2.13. The zero-order chi connectivity index (χ0) is 15.5. The van der Waals surface area contributed by atoms with Crippen LogP contribution in [0.5, 0.6) is 0 Å². The monoisotopic (exact) mass is 318 g/mol. The van der Waals surface area contributed by atoms with Gasteiger partial charge in [0, 0.05) is 17.0 Å². The van der Waals surface area contributed by atoms with E-state index in [2.05, 4.69) is 25.7 Å². The van der Waals surface area contributed by atoms with Crippen LogP contribution in [0.15, 0.2) is 29.6 Å². The maximum Gasteiger partial charge on any atom is 0.188 e. The van der Waals surface area contributed by atoms with Gasteiger partial charge in [0.25, 0.3) is 0 Å². The summed E-state index contributed by atoms with van der Waals surface area (Å²) in [7, 11) is 1.72. The van der Waals surface area contributed by atoms with Gasteiger partial charge in [-0.2, -0.15) is 4.80 Å². The minimum absolute atomic E-state index is 0.0144. The predicted molar refractivity (Wildman–Crippen MR) is 81.6 cm³/mol. The third-order valence-electron chi connectivity index (χ3n) is 3.19. The van der Waals surface area contributed by atoms with Crippen LogP contribution in [0.4, 0.5) is 4.39 Å². The van der Waals surface area contributed by atoms with Crippen molar-refractivity contribution in [1.82, 2.24) is 30.5 Å². The van der Waals surface area contributed by atoms with Crippen LogP contribution in [0.25, 0.3) is 10.6 Å². The van der Waals surface area contributed by atoms with Crippen molar-refractivity contribution in [2.24, 2.45) is 7.05 Å². The zero-order valence-electron chi connectivity index (χ0n) is 12.2. The normalized spacial score (nSPS) is 12.5. The molecule has 0 saturated carbocycles. The molecule has 8 heteroatoms. The van der Waals surface area contributed by atoms with Crippen molar-refractivity contribution < 1.29 is 4.39 Å². The van der Waals surface area contributed by atoms with Gasteiger partial charge in [-0.05, 0) is 24.3 Å². The quantitative estimate of drug-likeness (QED) is 0.782. The fraction of sp³-hybridized carbons (Fsp3) is 0.286. The molecule has 1 aromatic carbocycles. The maximum absolute atomic E-state index is 13.8. The average molecular weight is 318 g/mol. The second kappa shape index (κ2) is 6.29. The summed E-state index contributed by atoms with van der Waals surface area (Å²) in [5, 5.41) is 17.7. The Bertz CT molecular complexity index is 768. The lowest BCUT2D eigenvalue weighted by Gasteiger charge is -2.09. The average Bonchev–Trinajstić information content (AvgIpc) is 3.14. The summed E-state index contributed by atoms with van der Waals surface area (Å²) < 4.78 is 13.8. The highest BCUT2D eigenvalue weighted by atomic mass is 32.1. The van der Waals surface area contributed by atoms with Crippen molar-refractivity contribution in [2.75, 3.05) is 0 Å². The topological polar surface area (TPSA) is 68.5 Å². The fourth-order valence-electron chi connectivity index (χ4n) is 1.99. The summed E-state index contributed by atoms with van der Waals surface area (Å²) in [5.74, 6) is 0.367. The van der Waals surface area contributed by atoms with E-state index in [0.717, 1.165) is 5.69 Å². The summed E-state index contributed by atoms with van der Waals surface area (Å²) >= 11 is 1.43. The molecule has 0 fully saturated rings. The van der Waals surface area contributed by atoms with Gasteiger partial charge in [0.1, 0.15) is 10.8 Å². The van der Waals surface area contributed by atoms with Gasteiger partial charge in [-0.1, -0.05) is 12.1 Å².